The first-order chi connectivity index (χ1) is 13.5. The van der Waals surface area contributed by atoms with E-state index < -0.39 is 11.9 Å². The number of ether oxygens (including phenoxy) is 1. The molecule has 3 N–H and O–H groups in total. The molecule has 0 aliphatic carbocycles. The fourth-order valence-corrected chi connectivity index (χ4v) is 3.03. The normalized spacial score (nSPS) is 12.0. The highest BCUT2D eigenvalue weighted by molar-refractivity contribution is 5.76. The predicted octanol–water partition coefficient (Wildman–Crippen LogP) is 3.92. The highest BCUT2D eigenvalue weighted by Crippen LogP contribution is 2.25. The van der Waals surface area contributed by atoms with Crippen molar-refractivity contribution in [3.8, 4) is 17.2 Å². The summed E-state index contributed by atoms with van der Waals surface area (Å²) in [6, 6.07) is 15.1. The van der Waals surface area contributed by atoms with Crippen molar-refractivity contribution >= 4 is 5.97 Å². The molecule has 0 amide bonds. The van der Waals surface area contributed by atoms with Gasteiger partial charge in [-0.1, -0.05) is 24.3 Å². The van der Waals surface area contributed by atoms with Crippen LogP contribution in [0.3, 0.4) is 0 Å². The maximum absolute atomic E-state index is 11.2. The highest BCUT2D eigenvalue weighted by atomic mass is 16.5. The predicted molar refractivity (Wildman–Crippen MR) is 106 cm³/mol. The minimum Gasteiger partial charge on any atom is -0.493 e. The third kappa shape index (κ3) is 4.40. The van der Waals surface area contributed by atoms with Crippen molar-refractivity contribution in [2.24, 2.45) is 5.73 Å². The van der Waals surface area contributed by atoms with E-state index in [0.717, 1.165) is 22.6 Å². The van der Waals surface area contributed by atoms with Gasteiger partial charge in [0.1, 0.15) is 11.5 Å². The first kappa shape index (κ1) is 19.6. The second-order valence-corrected chi connectivity index (χ2v) is 6.61. The lowest BCUT2D eigenvalue weighted by molar-refractivity contribution is -0.138. The number of carbonyl (C=O) groups is 1. The van der Waals surface area contributed by atoms with Gasteiger partial charge >= 0.3 is 5.97 Å². The van der Waals surface area contributed by atoms with Crippen LogP contribution in [0, 0.1) is 6.92 Å². The van der Waals surface area contributed by atoms with Gasteiger partial charge in [-0.25, -0.2) is 4.98 Å². The largest absolute Gasteiger partial charge is 0.493 e. The Morgan fingerprint density at radius 2 is 2.00 bits per heavy atom. The lowest BCUT2D eigenvalue weighted by atomic mass is 9.95. The Bertz CT molecular complexity index is 950. The van der Waals surface area contributed by atoms with E-state index in [0.29, 0.717) is 30.2 Å². The van der Waals surface area contributed by atoms with Gasteiger partial charge in [-0.05, 0) is 49.2 Å². The number of aromatic nitrogens is 1. The Hall–Kier alpha value is -3.12. The minimum atomic E-state index is -0.876. The molecule has 0 bridgehead atoms. The van der Waals surface area contributed by atoms with E-state index in [4.69, 9.17) is 14.9 Å². The Morgan fingerprint density at radius 3 is 2.68 bits per heavy atom. The maximum Gasteiger partial charge on any atom is 0.310 e. The van der Waals surface area contributed by atoms with Crippen LogP contribution < -0.4 is 10.5 Å². The van der Waals surface area contributed by atoms with E-state index in [-0.39, 0.29) is 6.54 Å². The summed E-state index contributed by atoms with van der Waals surface area (Å²) in [6.45, 7) is 4.23. The number of oxazole rings is 1. The topological polar surface area (TPSA) is 98.6 Å². The molecule has 146 valence electrons. The number of rotatable bonds is 8. The molecule has 0 fully saturated rings. The molecule has 1 aromatic heterocycles. The lowest BCUT2D eigenvalue weighted by Gasteiger charge is -2.14. The van der Waals surface area contributed by atoms with Crippen LogP contribution in [0.5, 0.6) is 5.75 Å². The van der Waals surface area contributed by atoms with Gasteiger partial charge in [0, 0.05) is 18.5 Å². The Labute approximate surface area is 164 Å². The molecule has 1 atom stereocenters. The summed E-state index contributed by atoms with van der Waals surface area (Å²) in [5, 5.41) is 9.21. The Balaban J connectivity index is 1.65. The zero-order chi connectivity index (χ0) is 20.1. The zero-order valence-corrected chi connectivity index (χ0v) is 16.0. The summed E-state index contributed by atoms with van der Waals surface area (Å²) in [6.07, 6.45) is 0.605. The fourth-order valence-electron chi connectivity index (χ4n) is 3.03. The Kier molecular flexibility index (Phi) is 6.11. The van der Waals surface area contributed by atoms with Crippen LogP contribution in [-0.4, -0.2) is 22.7 Å². The van der Waals surface area contributed by atoms with Crippen LogP contribution in [0.25, 0.3) is 11.5 Å². The van der Waals surface area contributed by atoms with E-state index in [2.05, 4.69) is 4.98 Å². The fraction of sp³-hybridized carbons (Fsp3) is 0.273. The van der Waals surface area contributed by atoms with Crippen LogP contribution >= 0.6 is 0 Å². The molecule has 0 saturated heterocycles. The molecule has 2 aromatic carbocycles. The maximum atomic E-state index is 11.2. The van der Waals surface area contributed by atoms with Crippen LogP contribution in [-0.2, 0) is 17.8 Å². The van der Waals surface area contributed by atoms with E-state index in [1.54, 1.807) is 25.1 Å². The molecule has 28 heavy (non-hydrogen) atoms. The van der Waals surface area contributed by atoms with E-state index in [9.17, 15) is 9.90 Å². The highest BCUT2D eigenvalue weighted by Gasteiger charge is 2.17. The van der Waals surface area contributed by atoms with E-state index >= 15 is 0 Å². The molecule has 3 rings (SSSR count). The van der Waals surface area contributed by atoms with Crippen molar-refractivity contribution in [2.45, 2.75) is 32.7 Å². The van der Waals surface area contributed by atoms with Gasteiger partial charge in [-0.3, -0.25) is 4.79 Å². The second-order valence-electron chi connectivity index (χ2n) is 6.61. The van der Waals surface area contributed by atoms with Crippen molar-refractivity contribution in [1.82, 2.24) is 4.98 Å². The minimum absolute atomic E-state index is 0.257. The lowest BCUT2D eigenvalue weighted by Crippen LogP contribution is -2.12. The number of carboxylic acids is 1. The molecule has 0 radical (unpaired) electrons. The van der Waals surface area contributed by atoms with Crippen LogP contribution in [0.2, 0.25) is 0 Å². The second kappa shape index (κ2) is 8.71. The van der Waals surface area contributed by atoms with Gasteiger partial charge in [0.15, 0.2) is 0 Å². The average molecular weight is 380 g/mol. The summed E-state index contributed by atoms with van der Waals surface area (Å²) in [5.74, 6) is 0.549. The number of benzene rings is 2. The van der Waals surface area contributed by atoms with Gasteiger partial charge in [0.2, 0.25) is 5.89 Å². The van der Waals surface area contributed by atoms with Gasteiger partial charge in [0.25, 0.3) is 0 Å². The van der Waals surface area contributed by atoms with Gasteiger partial charge in [-0.2, -0.15) is 0 Å². The molecular weight excluding hydrogens is 356 g/mol. The SMILES string of the molecule is Cc1oc(-c2ccccc2)nc1CCOc1ccc(C(C)C(=O)O)c(CN)c1. The zero-order valence-electron chi connectivity index (χ0n) is 16.0. The van der Waals surface area contributed by atoms with Crippen molar-refractivity contribution < 1.29 is 19.1 Å². The molecule has 3 aromatic rings. The first-order valence-corrected chi connectivity index (χ1v) is 9.19. The molecule has 0 saturated carbocycles. The summed E-state index contributed by atoms with van der Waals surface area (Å²) in [7, 11) is 0. The van der Waals surface area contributed by atoms with Crippen molar-refractivity contribution in [3.63, 3.8) is 0 Å². The molecule has 0 aliphatic rings. The van der Waals surface area contributed by atoms with Crippen molar-refractivity contribution in [3.05, 3.63) is 71.1 Å². The summed E-state index contributed by atoms with van der Waals surface area (Å²) in [5.41, 5.74) is 9.06. The number of hydrogen-bond acceptors (Lipinski definition) is 5. The number of nitrogens with two attached hydrogens (primary N) is 1. The quantitative estimate of drug-likeness (QED) is 0.615. The Morgan fingerprint density at radius 1 is 1.25 bits per heavy atom. The van der Waals surface area contributed by atoms with E-state index in [1.807, 2.05) is 37.3 Å². The van der Waals surface area contributed by atoms with Crippen LogP contribution in [0.1, 0.15) is 35.4 Å². The standard InChI is InChI=1S/C22H24N2O4/c1-14(22(25)26)19-9-8-18(12-17(19)13-23)27-11-10-20-15(2)28-21(24-20)16-6-4-3-5-7-16/h3-9,12,14H,10-11,13,23H2,1-2H3,(H,25,26). The number of carboxylic acid groups (broad SMARTS) is 1. The molecular formula is C22H24N2O4. The van der Waals surface area contributed by atoms with Gasteiger partial charge < -0.3 is 20.0 Å². The van der Waals surface area contributed by atoms with Crippen LogP contribution in [0.15, 0.2) is 52.9 Å². The number of nitrogens with zero attached hydrogens (tertiary/aromatic N) is 1. The number of aliphatic carboxylic acids is 1. The van der Waals surface area contributed by atoms with Gasteiger partial charge in [-0.15, -0.1) is 0 Å². The van der Waals surface area contributed by atoms with Crippen molar-refractivity contribution in [2.75, 3.05) is 6.61 Å². The molecule has 0 aliphatic heterocycles. The number of hydrogen-bond donors (Lipinski definition) is 2. The smallest absolute Gasteiger partial charge is 0.310 e. The third-order valence-corrected chi connectivity index (χ3v) is 4.69. The summed E-state index contributed by atoms with van der Waals surface area (Å²) in [4.78, 5) is 15.8. The van der Waals surface area contributed by atoms with E-state index in [1.165, 1.54) is 0 Å². The van der Waals surface area contributed by atoms with Crippen LogP contribution in [0.4, 0.5) is 0 Å². The molecule has 6 nitrogen and oxygen atoms in total. The molecule has 6 heteroatoms. The van der Waals surface area contributed by atoms with Crippen molar-refractivity contribution in [1.29, 1.82) is 0 Å². The molecule has 1 heterocycles. The summed E-state index contributed by atoms with van der Waals surface area (Å²) >= 11 is 0. The summed E-state index contributed by atoms with van der Waals surface area (Å²) < 4.78 is 11.6. The average Bonchev–Trinajstić information content (AvgIpc) is 3.08. The number of aryl methyl sites for hydroxylation is 1. The monoisotopic (exact) mass is 380 g/mol. The molecule has 0 spiro atoms. The molecule has 1 unspecified atom stereocenters. The first-order valence-electron chi connectivity index (χ1n) is 9.19. The third-order valence-electron chi connectivity index (χ3n) is 4.69. The van der Waals surface area contributed by atoms with Gasteiger partial charge in [0.05, 0.1) is 18.2 Å².